The Hall–Kier alpha value is -2.16. The van der Waals surface area contributed by atoms with Gasteiger partial charge in [-0.15, -0.1) is 0 Å². The fourth-order valence-corrected chi connectivity index (χ4v) is 1.47. The van der Waals surface area contributed by atoms with Crippen LogP contribution in [0.15, 0.2) is 60.7 Å². The van der Waals surface area contributed by atoms with Crippen molar-refractivity contribution in [1.82, 2.24) is 0 Å². The average Bonchev–Trinajstić information content (AvgIpc) is 2.45. The van der Waals surface area contributed by atoms with Crippen LogP contribution in [0.3, 0.4) is 0 Å². The molecule has 0 saturated heterocycles. The third-order valence-electron chi connectivity index (χ3n) is 2.40. The van der Waals surface area contributed by atoms with E-state index in [1.165, 1.54) is 0 Å². The zero-order valence-electron chi connectivity index (χ0n) is 9.91. The summed E-state index contributed by atoms with van der Waals surface area (Å²) in [4.78, 5) is 11.3. The highest BCUT2D eigenvalue weighted by Crippen LogP contribution is 1.87. The number of carbonyl (C=O) groups is 1. The molecule has 0 aliphatic rings. The molecule has 0 amide bonds. The lowest BCUT2D eigenvalue weighted by Gasteiger charge is -2.05. The molecule has 2 aromatic carbocycles. The van der Waals surface area contributed by atoms with E-state index >= 15 is 0 Å². The van der Waals surface area contributed by atoms with Crippen molar-refractivity contribution >= 4 is 32.0 Å². The molecule has 88 valence electrons. The maximum atomic E-state index is 11.3. The van der Waals surface area contributed by atoms with Crippen molar-refractivity contribution in [2.75, 3.05) is 0 Å². The summed E-state index contributed by atoms with van der Waals surface area (Å²) in [6.07, 6.45) is -0.650. The summed E-state index contributed by atoms with van der Waals surface area (Å²) < 4.78 is 9.98. The number of carbonyl (C=O) groups excluding carboxylic acids is 1. The van der Waals surface area contributed by atoms with Gasteiger partial charge in [-0.2, -0.15) is 0 Å². The summed E-state index contributed by atoms with van der Waals surface area (Å²) in [5, 5.41) is 0. The molecule has 2 aromatic rings. The second-order valence-electron chi connectivity index (χ2n) is 3.80. The lowest BCUT2D eigenvalue weighted by Crippen LogP contribution is -2.25. The monoisotopic (exact) mass is 238 g/mol. The molecule has 18 heavy (non-hydrogen) atoms. The van der Waals surface area contributed by atoms with Crippen LogP contribution in [-0.2, 0) is 9.31 Å². The van der Waals surface area contributed by atoms with Gasteiger partial charge in [0.15, 0.2) is 0 Å². The molecule has 0 spiro atoms. The van der Waals surface area contributed by atoms with Crippen LogP contribution >= 0.6 is 0 Å². The van der Waals surface area contributed by atoms with E-state index in [9.17, 15) is 4.79 Å². The molecule has 0 aromatic heterocycles. The molecule has 0 N–H and O–H groups in total. The second-order valence-corrected chi connectivity index (χ2v) is 3.80. The molecule has 0 atom stereocenters. The van der Waals surface area contributed by atoms with Gasteiger partial charge in [0.2, 0.25) is 0 Å². The van der Waals surface area contributed by atoms with Crippen molar-refractivity contribution in [3.05, 3.63) is 60.7 Å². The van der Waals surface area contributed by atoms with E-state index in [0.29, 0.717) is 0 Å². The molecule has 0 aliphatic heterocycles. The van der Waals surface area contributed by atoms with E-state index < -0.39 is 6.16 Å². The Morgan fingerprint density at radius 1 is 0.722 bits per heavy atom. The Balaban J connectivity index is 1.73. The van der Waals surface area contributed by atoms with Gasteiger partial charge in [0.1, 0.15) is 0 Å². The van der Waals surface area contributed by atoms with Gasteiger partial charge in [-0.3, -0.25) is 0 Å². The third kappa shape index (κ3) is 4.01. The van der Waals surface area contributed by atoms with E-state index in [0.717, 1.165) is 10.9 Å². The van der Waals surface area contributed by atoms with Crippen molar-refractivity contribution < 1.29 is 14.1 Å². The van der Waals surface area contributed by atoms with Crippen LogP contribution in [0.1, 0.15) is 0 Å². The lowest BCUT2D eigenvalue weighted by molar-refractivity contribution is 0.158. The Morgan fingerprint density at radius 3 is 1.50 bits per heavy atom. The van der Waals surface area contributed by atoms with Crippen molar-refractivity contribution in [2.24, 2.45) is 0 Å². The van der Waals surface area contributed by atoms with Crippen molar-refractivity contribution in [3.63, 3.8) is 0 Å². The minimum Gasteiger partial charge on any atom is -0.506 e. The maximum absolute atomic E-state index is 11.3. The fourth-order valence-electron chi connectivity index (χ4n) is 1.47. The van der Waals surface area contributed by atoms with Gasteiger partial charge in [-0.1, -0.05) is 60.7 Å². The summed E-state index contributed by atoms with van der Waals surface area (Å²) in [6, 6.07) is 19.0. The molecule has 3 nitrogen and oxygen atoms in total. The second kappa shape index (κ2) is 6.54. The van der Waals surface area contributed by atoms with E-state index in [4.69, 9.17) is 9.31 Å². The van der Waals surface area contributed by atoms with Crippen molar-refractivity contribution in [2.45, 2.75) is 0 Å². The fraction of sp³-hybridized carbons (Fsp3) is 0. The van der Waals surface area contributed by atoms with Gasteiger partial charge in [0, 0.05) is 0 Å². The van der Waals surface area contributed by atoms with E-state index in [1.807, 2.05) is 60.7 Å². The van der Waals surface area contributed by atoms with Crippen LogP contribution in [-0.4, -0.2) is 21.1 Å². The predicted molar refractivity (Wildman–Crippen MR) is 74.0 cm³/mol. The van der Waals surface area contributed by atoms with E-state index in [2.05, 4.69) is 0 Å². The molecule has 0 heterocycles. The molecule has 0 bridgehead atoms. The Labute approximate surface area is 107 Å². The summed E-state index contributed by atoms with van der Waals surface area (Å²) in [5.74, 6) is 0. The highest BCUT2D eigenvalue weighted by molar-refractivity contribution is 6.51. The molecule has 0 radical (unpaired) electrons. The first-order valence-electron chi connectivity index (χ1n) is 5.72. The molecule has 0 fully saturated rings. The summed E-state index contributed by atoms with van der Waals surface area (Å²) in [6.45, 7) is 0. The number of benzene rings is 2. The van der Waals surface area contributed by atoms with Crippen molar-refractivity contribution in [3.8, 4) is 0 Å². The molecular weight excluding hydrogens is 226 g/mol. The standard InChI is InChI=1S/C13H12B2O3/c16-13(17-14-11-7-3-1-4-8-11)18-15-12-9-5-2-6-10-12/h1-10,14-15H. The minimum absolute atomic E-state index is 0.231. The zero-order chi connectivity index (χ0) is 12.6. The smallest absolute Gasteiger partial charge is 0.472 e. The SMILES string of the molecule is O=C(OBc1ccccc1)OBc1ccccc1. The van der Waals surface area contributed by atoms with Gasteiger partial charge in [0.05, 0.1) is 0 Å². The molecule has 5 heteroatoms. The average molecular weight is 238 g/mol. The first-order valence-corrected chi connectivity index (χ1v) is 5.72. The van der Waals surface area contributed by atoms with Crippen LogP contribution in [0.4, 0.5) is 4.79 Å². The molecule has 0 aliphatic carbocycles. The first-order chi connectivity index (χ1) is 8.84. The van der Waals surface area contributed by atoms with Gasteiger partial charge in [-0.05, 0) is 10.9 Å². The highest BCUT2D eigenvalue weighted by Gasteiger charge is 2.07. The Morgan fingerprint density at radius 2 is 1.11 bits per heavy atom. The van der Waals surface area contributed by atoms with Crippen molar-refractivity contribution in [1.29, 1.82) is 0 Å². The Kier molecular flexibility index (Phi) is 4.47. The van der Waals surface area contributed by atoms with Crippen LogP contribution < -0.4 is 10.9 Å². The van der Waals surface area contributed by atoms with Crippen LogP contribution in [0.2, 0.25) is 0 Å². The largest absolute Gasteiger partial charge is 0.506 e. The zero-order valence-corrected chi connectivity index (χ0v) is 9.91. The minimum atomic E-state index is -0.650. The third-order valence-corrected chi connectivity index (χ3v) is 2.40. The van der Waals surface area contributed by atoms with E-state index in [1.54, 1.807) is 0 Å². The summed E-state index contributed by atoms with van der Waals surface area (Å²) in [5.41, 5.74) is 1.88. The number of hydrogen-bond acceptors (Lipinski definition) is 3. The molecule has 0 saturated carbocycles. The molecule has 2 rings (SSSR count). The first kappa shape index (κ1) is 12.3. The van der Waals surface area contributed by atoms with E-state index in [-0.39, 0.29) is 15.0 Å². The van der Waals surface area contributed by atoms with Crippen LogP contribution in [0.25, 0.3) is 0 Å². The van der Waals surface area contributed by atoms with Crippen LogP contribution in [0, 0.1) is 0 Å². The van der Waals surface area contributed by atoms with Gasteiger partial charge in [-0.25, -0.2) is 4.79 Å². The predicted octanol–water partition coefficient (Wildman–Crippen LogP) is 0.494. The Bertz CT molecular complexity index is 443. The normalized spacial score (nSPS) is 9.33. The van der Waals surface area contributed by atoms with Crippen LogP contribution in [0.5, 0.6) is 0 Å². The molecule has 0 unspecified atom stereocenters. The number of hydrogen-bond donors (Lipinski definition) is 0. The highest BCUT2D eigenvalue weighted by atomic mass is 16.7. The van der Waals surface area contributed by atoms with Gasteiger partial charge < -0.3 is 9.31 Å². The quantitative estimate of drug-likeness (QED) is 0.727. The lowest BCUT2D eigenvalue weighted by atomic mass is 9.88. The molecular formula is C13H12B2O3. The maximum Gasteiger partial charge on any atom is 0.472 e. The summed E-state index contributed by atoms with van der Waals surface area (Å²) >= 11 is 0. The van der Waals surface area contributed by atoms with Gasteiger partial charge >= 0.3 is 21.1 Å². The summed E-state index contributed by atoms with van der Waals surface area (Å²) in [7, 11) is 0.461. The number of rotatable bonds is 4. The van der Waals surface area contributed by atoms with Gasteiger partial charge in [0.25, 0.3) is 0 Å². The topological polar surface area (TPSA) is 35.5 Å².